The number of carbonyl (C=O) groups excluding carboxylic acids is 3. The third-order valence-electron chi connectivity index (χ3n) is 9.42. The number of non-ortho nitro benzene ring substituents is 1. The van der Waals surface area contributed by atoms with Gasteiger partial charge in [0.25, 0.3) is 17.5 Å². The Hall–Kier alpha value is -5.85. The van der Waals surface area contributed by atoms with Gasteiger partial charge in [-0.3, -0.25) is 24.5 Å². The van der Waals surface area contributed by atoms with Gasteiger partial charge < -0.3 is 31.1 Å². The Bertz CT molecular complexity index is 2000. The van der Waals surface area contributed by atoms with Crippen molar-refractivity contribution in [2.45, 2.75) is 44.5 Å². The summed E-state index contributed by atoms with van der Waals surface area (Å²) in [6.45, 7) is 1.81. The highest BCUT2D eigenvalue weighted by Crippen LogP contribution is 2.47. The quantitative estimate of drug-likeness (QED) is 0.0809. The minimum Gasteiger partial charge on any atom is -0.399 e. The molecule has 4 aromatic carbocycles. The van der Waals surface area contributed by atoms with Gasteiger partial charge in [-0.05, 0) is 65.6 Å². The van der Waals surface area contributed by atoms with Crippen LogP contribution < -0.4 is 16.0 Å². The van der Waals surface area contributed by atoms with Gasteiger partial charge in [0.05, 0.1) is 29.8 Å². The third-order valence-corrected chi connectivity index (χ3v) is 9.42. The zero-order chi connectivity index (χ0) is 35.6. The molecule has 5 N–H and O–H groups in total. The van der Waals surface area contributed by atoms with Gasteiger partial charge >= 0.3 is 0 Å². The molecule has 3 atom stereocenters. The molecule has 0 bridgehead atoms. The van der Waals surface area contributed by atoms with Crippen LogP contribution in [-0.2, 0) is 34.7 Å². The molecule has 2 aliphatic heterocycles. The first-order chi connectivity index (χ1) is 24.0. The first-order valence-corrected chi connectivity index (χ1v) is 16.2. The number of hydrogen-bond acceptors (Lipinski definition) is 8. The predicted octanol–water partition coefficient (Wildman–Crippen LogP) is 4.69. The molecular weight excluding hydrogens is 638 g/mol. The Morgan fingerprint density at radius 3 is 2.52 bits per heavy atom. The second-order valence-corrected chi connectivity index (χ2v) is 12.6. The number of aliphatic hydroxyl groups is 2. The van der Waals surface area contributed by atoms with Crippen LogP contribution in [0.25, 0.3) is 0 Å². The van der Waals surface area contributed by atoms with Crippen molar-refractivity contribution < 1.29 is 29.5 Å². The van der Waals surface area contributed by atoms with Gasteiger partial charge in [-0.2, -0.15) is 0 Å². The van der Waals surface area contributed by atoms with Gasteiger partial charge in [0, 0.05) is 53.5 Å². The number of nitrogens with zero attached hydrogens (tertiary/aromatic N) is 3. The standard InChI is InChI=1S/C38H37N5O7/c1-24(6-4-11-35(45)41-22-28-9-3-2-8-27(28)19-32(41)23-44)38(48)33-20-31(43(49)50)16-17-34(33)42(37(38)47)21-25-7-5-10-30(18-25)40-36(46)26-12-14-29(39)15-13-26/h2-10,12-18,20,24,32,44,48H,11,19,21-23,39H2,1H3,(H,40,46)/b6-4+/t24-,32-,38+/m0/s1. The number of carbonyl (C=O) groups is 3. The van der Waals surface area contributed by atoms with E-state index >= 15 is 0 Å². The lowest BCUT2D eigenvalue weighted by molar-refractivity contribution is -0.385. The molecule has 0 radical (unpaired) electrons. The van der Waals surface area contributed by atoms with Crippen molar-refractivity contribution in [2.24, 2.45) is 5.92 Å². The van der Waals surface area contributed by atoms with Crippen molar-refractivity contribution >= 4 is 40.5 Å². The largest absolute Gasteiger partial charge is 0.399 e. The Kier molecular flexibility index (Phi) is 9.49. The maximum Gasteiger partial charge on any atom is 0.269 e. The summed E-state index contributed by atoms with van der Waals surface area (Å²) in [5.41, 5.74) is 7.85. The zero-order valence-corrected chi connectivity index (χ0v) is 27.4. The van der Waals surface area contributed by atoms with Gasteiger partial charge in [0.2, 0.25) is 5.91 Å². The van der Waals surface area contributed by atoms with E-state index in [9.17, 15) is 34.7 Å². The van der Waals surface area contributed by atoms with Crippen LogP contribution in [-0.4, -0.2) is 50.4 Å². The number of fused-ring (bicyclic) bond motifs is 2. The number of nitrogens with one attached hydrogen (secondary N) is 1. The second kappa shape index (κ2) is 13.9. The fourth-order valence-electron chi connectivity index (χ4n) is 6.65. The Morgan fingerprint density at radius 1 is 1.06 bits per heavy atom. The summed E-state index contributed by atoms with van der Waals surface area (Å²) in [5.74, 6) is -2.12. The van der Waals surface area contributed by atoms with Crippen molar-refractivity contribution in [1.29, 1.82) is 0 Å². The summed E-state index contributed by atoms with van der Waals surface area (Å²) in [7, 11) is 0. The van der Waals surface area contributed by atoms with Gasteiger partial charge in [0.1, 0.15) is 0 Å². The van der Waals surface area contributed by atoms with E-state index in [0.717, 1.165) is 11.1 Å². The molecule has 2 aliphatic rings. The lowest BCUT2D eigenvalue weighted by atomic mass is 9.82. The van der Waals surface area contributed by atoms with E-state index in [-0.39, 0.29) is 48.7 Å². The van der Waals surface area contributed by atoms with Crippen molar-refractivity contribution in [3.8, 4) is 0 Å². The Balaban J connectivity index is 1.21. The van der Waals surface area contributed by atoms with E-state index in [2.05, 4.69) is 5.32 Å². The summed E-state index contributed by atoms with van der Waals surface area (Å²) in [4.78, 5) is 54.4. The fraction of sp³-hybridized carbons (Fsp3) is 0.237. The highest BCUT2D eigenvalue weighted by molar-refractivity contribution is 6.07. The van der Waals surface area contributed by atoms with Gasteiger partial charge in [-0.1, -0.05) is 55.5 Å². The molecule has 4 aromatic rings. The smallest absolute Gasteiger partial charge is 0.269 e. The topological polar surface area (TPSA) is 179 Å². The lowest BCUT2D eigenvalue weighted by Gasteiger charge is -2.36. The Labute approximate surface area is 288 Å². The van der Waals surface area contributed by atoms with E-state index in [4.69, 9.17) is 5.73 Å². The molecule has 6 rings (SSSR count). The highest BCUT2D eigenvalue weighted by Gasteiger charge is 2.53. The molecule has 256 valence electrons. The van der Waals surface area contributed by atoms with E-state index in [0.29, 0.717) is 41.2 Å². The summed E-state index contributed by atoms with van der Waals surface area (Å²) < 4.78 is 0. The molecular formula is C38H37N5O7. The van der Waals surface area contributed by atoms with Crippen LogP contribution in [0.1, 0.15) is 46.0 Å². The number of nitrogens with two attached hydrogens (primary N) is 1. The normalized spacial score (nSPS) is 18.9. The van der Waals surface area contributed by atoms with Crippen molar-refractivity contribution in [3.63, 3.8) is 0 Å². The Morgan fingerprint density at radius 2 is 1.80 bits per heavy atom. The first-order valence-electron chi connectivity index (χ1n) is 16.2. The fourth-order valence-corrected chi connectivity index (χ4v) is 6.65. The minimum atomic E-state index is -2.17. The number of nitro benzene ring substituents is 1. The molecule has 0 aromatic heterocycles. The monoisotopic (exact) mass is 675 g/mol. The summed E-state index contributed by atoms with van der Waals surface area (Å²) >= 11 is 0. The number of benzene rings is 4. The van der Waals surface area contributed by atoms with Crippen molar-refractivity contribution in [2.75, 3.05) is 22.6 Å². The SMILES string of the molecule is C[C@@H](/C=C/CC(=O)N1Cc2ccccc2C[C@H]1CO)[C@]1(O)C(=O)N(Cc2cccc(NC(=O)c3ccc(N)cc3)c2)c2ccc([N+](=O)[O-])cc21. The molecule has 2 heterocycles. The molecule has 50 heavy (non-hydrogen) atoms. The minimum absolute atomic E-state index is 0.00539. The molecule has 0 saturated carbocycles. The molecule has 3 amide bonds. The van der Waals surface area contributed by atoms with Crippen LogP contribution >= 0.6 is 0 Å². The van der Waals surface area contributed by atoms with E-state index < -0.39 is 22.3 Å². The number of anilines is 3. The number of aliphatic hydroxyl groups excluding tert-OH is 1. The average Bonchev–Trinajstić information content (AvgIpc) is 3.33. The van der Waals surface area contributed by atoms with Crippen LogP contribution in [0.4, 0.5) is 22.7 Å². The molecule has 12 nitrogen and oxygen atoms in total. The summed E-state index contributed by atoms with van der Waals surface area (Å²) in [5, 5.41) is 36.6. The summed E-state index contributed by atoms with van der Waals surface area (Å²) in [6.07, 6.45) is 3.66. The molecule has 12 heteroatoms. The number of rotatable bonds is 10. The number of amides is 3. The lowest BCUT2D eigenvalue weighted by Crippen LogP contribution is -2.46. The number of nitrogen functional groups attached to an aromatic ring is 1. The van der Waals surface area contributed by atoms with E-state index in [1.165, 1.54) is 23.1 Å². The molecule has 0 saturated heterocycles. The van der Waals surface area contributed by atoms with Gasteiger partial charge in [-0.15, -0.1) is 0 Å². The van der Waals surface area contributed by atoms with E-state index in [1.54, 1.807) is 72.5 Å². The average molecular weight is 676 g/mol. The van der Waals surface area contributed by atoms with Gasteiger partial charge in [0.15, 0.2) is 5.60 Å². The van der Waals surface area contributed by atoms with Gasteiger partial charge in [-0.25, -0.2) is 0 Å². The van der Waals surface area contributed by atoms with Crippen LogP contribution in [0, 0.1) is 16.0 Å². The van der Waals surface area contributed by atoms with Crippen LogP contribution in [0.15, 0.2) is 103 Å². The molecule has 0 spiro atoms. The molecule has 0 unspecified atom stereocenters. The maximum atomic E-state index is 14.1. The van der Waals surface area contributed by atoms with Crippen molar-refractivity contribution in [1.82, 2.24) is 4.90 Å². The van der Waals surface area contributed by atoms with Crippen LogP contribution in [0.3, 0.4) is 0 Å². The molecule has 0 fully saturated rings. The first kappa shape index (κ1) is 34.0. The maximum absolute atomic E-state index is 14.1. The third kappa shape index (κ3) is 6.58. The molecule has 0 aliphatic carbocycles. The zero-order valence-electron chi connectivity index (χ0n) is 27.4. The number of hydrogen-bond donors (Lipinski definition) is 4. The van der Waals surface area contributed by atoms with Crippen LogP contribution in [0.5, 0.6) is 0 Å². The van der Waals surface area contributed by atoms with E-state index in [1.807, 2.05) is 24.3 Å². The number of nitro groups is 1. The predicted molar refractivity (Wildman–Crippen MR) is 188 cm³/mol. The summed E-state index contributed by atoms with van der Waals surface area (Å²) in [6, 6.07) is 24.7. The van der Waals surface area contributed by atoms with Crippen LogP contribution in [0.2, 0.25) is 0 Å². The second-order valence-electron chi connectivity index (χ2n) is 12.6. The highest BCUT2D eigenvalue weighted by atomic mass is 16.6. The van der Waals surface area contributed by atoms with Crippen molar-refractivity contribution in [3.05, 3.63) is 141 Å².